The third kappa shape index (κ3) is 5.52. The summed E-state index contributed by atoms with van der Waals surface area (Å²) in [5.41, 5.74) is 0.893. The first-order chi connectivity index (χ1) is 9.21. The number of hydrogen-bond donors (Lipinski definition) is 2. The minimum Gasteiger partial charge on any atom is -0.508 e. The van der Waals surface area contributed by atoms with Crippen LogP contribution < -0.4 is 10.1 Å². The Bertz CT molecular complexity index is 366. The van der Waals surface area contributed by atoms with E-state index >= 15 is 0 Å². The van der Waals surface area contributed by atoms with Crippen molar-refractivity contribution in [2.75, 3.05) is 13.7 Å². The van der Waals surface area contributed by atoms with Crippen LogP contribution in [-0.2, 0) is 6.54 Å². The highest BCUT2D eigenvalue weighted by atomic mass is 16.5. The van der Waals surface area contributed by atoms with E-state index in [1.807, 2.05) is 6.07 Å². The molecule has 108 valence electrons. The zero-order chi connectivity index (χ0) is 14.1. The van der Waals surface area contributed by atoms with E-state index in [2.05, 4.69) is 19.2 Å². The monoisotopic (exact) mass is 265 g/mol. The molecule has 0 bridgehead atoms. The Morgan fingerprint density at radius 2 is 2.11 bits per heavy atom. The second-order valence-corrected chi connectivity index (χ2v) is 5.04. The van der Waals surface area contributed by atoms with E-state index in [-0.39, 0.29) is 0 Å². The van der Waals surface area contributed by atoms with Crippen molar-refractivity contribution < 1.29 is 9.84 Å². The van der Waals surface area contributed by atoms with Gasteiger partial charge in [-0.1, -0.05) is 33.1 Å². The van der Waals surface area contributed by atoms with Crippen molar-refractivity contribution in [1.82, 2.24) is 5.32 Å². The lowest BCUT2D eigenvalue weighted by Gasteiger charge is -2.16. The maximum atomic E-state index is 9.80. The smallest absolute Gasteiger partial charge is 0.120 e. The van der Waals surface area contributed by atoms with Crippen molar-refractivity contribution in [3.05, 3.63) is 23.8 Å². The first kappa shape index (κ1) is 15.8. The predicted molar refractivity (Wildman–Crippen MR) is 79.7 cm³/mol. The van der Waals surface area contributed by atoms with Crippen LogP contribution in [0.5, 0.6) is 11.5 Å². The molecule has 0 aliphatic heterocycles. The maximum absolute atomic E-state index is 9.80. The van der Waals surface area contributed by atoms with Crippen LogP contribution in [0.3, 0.4) is 0 Å². The predicted octanol–water partition coefficient (Wildman–Crippen LogP) is 3.71. The Hall–Kier alpha value is -1.22. The molecular weight excluding hydrogens is 238 g/mol. The van der Waals surface area contributed by atoms with Crippen LogP contribution in [0.15, 0.2) is 18.2 Å². The highest BCUT2D eigenvalue weighted by Gasteiger charge is 2.07. The van der Waals surface area contributed by atoms with Crippen LogP contribution in [0.1, 0.15) is 45.1 Å². The number of rotatable bonds is 9. The molecule has 1 aromatic rings. The zero-order valence-corrected chi connectivity index (χ0v) is 12.4. The third-order valence-electron chi connectivity index (χ3n) is 3.58. The fourth-order valence-electron chi connectivity index (χ4n) is 2.18. The van der Waals surface area contributed by atoms with Crippen LogP contribution in [-0.4, -0.2) is 18.8 Å². The minimum atomic E-state index is 0.329. The lowest BCUT2D eigenvalue weighted by Crippen LogP contribution is -2.22. The van der Waals surface area contributed by atoms with Crippen molar-refractivity contribution >= 4 is 0 Å². The second kappa shape index (κ2) is 8.81. The van der Waals surface area contributed by atoms with E-state index in [0.29, 0.717) is 12.3 Å². The van der Waals surface area contributed by atoms with Gasteiger partial charge in [-0.3, -0.25) is 0 Å². The number of hydrogen-bond acceptors (Lipinski definition) is 3. The lowest BCUT2D eigenvalue weighted by atomic mass is 9.99. The number of methoxy groups -OCH3 is 1. The van der Waals surface area contributed by atoms with Gasteiger partial charge in [-0.25, -0.2) is 0 Å². The zero-order valence-electron chi connectivity index (χ0n) is 12.4. The molecule has 0 saturated carbocycles. The first-order valence-corrected chi connectivity index (χ1v) is 7.27. The molecule has 1 aromatic carbocycles. The van der Waals surface area contributed by atoms with E-state index in [9.17, 15) is 5.11 Å². The van der Waals surface area contributed by atoms with Crippen LogP contribution in [0.2, 0.25) is 0 Å². The topological polar surface area (TPSA) is 41.5 Å². The van der Waals surface area contributed by atoms with E-state index in [4.69, 9.17) is 4.74 Å². The maximum Gasteiger partial charge on any atom is 0.120 e. The summed E-state index contributed by atoms with van der Waals surface area (Å²) in [4.78, 5) is 0. The number of nitrogens with one attached hydrogen (secondary N) is 1. The Morgan fingerprint density at radius 1 is 1.32 bits per heavy atom. The SMILES string of the molecule is CCCCC(CC)CNCc1cc(OC)ccc1O. The van der Waals surface area contributed by atoms with Gasteiger partial charge in [0.2, 0.25) is 0 Å². The minimum absolute atomic E-state index is 0.329. The average Bonchev–Trinajstić information content (AvgIpc) is 2.44. The Kier molecular flexibility index (Phi) is 7.34. The van der Waals surface area contributed by atoms with Crippen molar-refractivity contribution in [3.63, 3.8) is 0 Å². The fourth-order valence-corrected chi connectivity index (χ4v) is 2.18. The molecule has 1 atom stereocenters. The summed E-state index contributed by atoms with van der Waals surface area (Å²) in [6.07, 6.45) is 5.04. The van der Waals surface area contributed by atoms with Gasteiger partial charge in [0.05, 0.1) is 7.11 Å². The fraction of sp³-hybridized carbons (Fsp3) is 0.625. The first-order valence-electron chi connectivity index (χ1n) is 7.27. The molecule has 0 heterocycles. The van der Waals surface area contributed by atoms with E-state index < -0.39 is 0 Å². The van der Waals surface area contributed by atoms with Crippen LogP contribution in [0.4, 0.5) is 0 Å². The summed E-state index contributed by atoms with van der Waals surface area (Å²) in [6, 6.07) is 5.34. The van der Waals surface area contributed by atoms with Crippen molar-refractivity contribution in [1.29, 1.82) is 0 Å². The number of benzene rings is 1. The number of phenolic OH excluding ortho intramolecular Hbond substituents is 1. The van der Waals surface area contributed by atoms with Gasteiger partial charge in [0.15, 0.2) is 0 Å². The standard InChI is InChI=1S/C16H27NO2/c1-4-6-7-13(5-2)11-17-12-14-10-15(19-3)8-9-16(14)18/h8-10,13,17-18H,4-7,11-12H2,1-3H3. The highest BCUT2D eigenvalue weighted by molar-refractivity contribution is 5.39. The van der Waals surface area contributed by atoms with E-state index in [0.717, 1.165) is 23.8 Å². The van der Waals surface area contributed by atoms with E-state index in [1.54, 1.807) is 19.2 Å². The molecule has 0 radical (unpaired) electrons. The molecule has 0 saturated heterocycles. The third-order valence-corrected chi connectivity index (χ3v) is 3.58. The number of unbranched alkanes of at least 4 members (excludes halogenated alkanes) is 1. The molecule has 1 rings (SSSR count). The van der Waals surface area contributed by atoms with Gasteiger partial charge in [0.1, 0.15) is 11.5 Å². The molecule has 0 amide bonds. The van der Waals surface area contributed by atoms with Gasteiger partial charge in [-0.2, -0.15) is 0 Å². The lowest BCUT2D eigenvalue weighted by molar-refractivity contribution is 0.404. The van der Waals surface area contributed by atoms with Gasteiger partial charge < -0.3 is 15.2 Å². The molecule has 0 aromatic heterocycles. The molecule has 0 fully saturated rings. The number of ether oxygens (including phenoxy) is 1. The molecule has 3 nitrogen and oxygen atoms in total. The summed E-state index contributed by atoms with van der Waals surface area (Å²) in [5, 5.41) is 13.2. The normalized spacial score (nSPS) is 12.4. The summed E-state index contributed by atoms with van der Waals surface area (Å²) in [5.74, 6) is 1.84. The molecule has 0 spiro atoms. The van der Waals surface area contributed by atoms with Gasteiger partial charge in [0.25, 0.3) is 0 Å². The second-order valence-electron chi connectivity index (χ2n) is 5.04. The quantitative estimate of drug-likeness (QED) is 0.715. The van der Waals surface area contributed by atoms with Crippen LogP contribution in [0.25, 0.3) is 0 Å². The summed E-state index contributed by atoms with van der Waals surface area (Å²) in [6.45, 7) is 6.16. The number of phenols is 1. The largest absolute Gasteiger partial charge is 0.508 e. The molecule has 0 aliphatic carbocycles. The summed E-state index contributed by atoms with van der Waals surface area (Å²) >= 11 is 0. The molecule has 2 N–H and O–H groups in total. The van der Waals surface area contributed by atoms with Crippen molar-refractivity contribution in [2.24, 2.45) is 5.92 Å². The Balaban J connectivity index is 2.43. The van der Waals surface area contributed by atoms with Gasteiger partial charge in [0, 0.05) is 12.1 Å². The highest BCUT2D eigenvalue weighted by Crippen LogP contribution is 2.22. The number of aromatic hydroxyl groups is 1. The molecule has 19 heavy (non-hydrogen) atoms. The van der Waals surface area contributed by atoms with Gasteiger partial charge in [-0.05, 0) is 37.1 Å². The van der Waals surface area contributed by atoms with E-state index in [1.165, 1.54) is 25.7 Å². The Morgan fingerprint density at radius 3 is 2.74 bits per heavy atom. The van der Waals surface area contributed by atoms with Gasteiger partial charge >= 0.3 is 0 Å². The molecular formula is C16H27NO2. The average molecular weight is 265 g/mol. The Labute approximate surface area is 117 Å². The summed E-state index contributed by atoms with van der Waals surface area (Å²) in [7, 11) is 1.64. The molecule has 3 heteroatoms. The molecule has 0 aliphatic rings. The summed E-state index contributed by atoms with van der Waals surface area (Å²) < 4.78 is 5.17. The molecule has 1 unspecified atom stereocenters. The van der Waals surface area contributed by atoms with Crippen molar-refractivity contribution in [2.45, 2.75) is 46.1 Å². The van der Waals surface area contributed by atoms with Crippen molar-refractivity contribution in [3.8, 4) is 11.5 Å². The van der Waals surface area contributed by atoms with Crippen LogP contribution >= 0.6 is 0 Å². The van der Waals surface area contributed by atoms with Crippen LogP contribution in [0, 0.1) is 5.92 Å². The van der Waals surface area contributed by atoms with Gasteiger partial charge in [-0.15, -0.1) is 0 Å².